The topological polar surface area (TPSA) is 113 Å². The molecule has 3 aliphatic heterocycles. The van der Waals surface area contributed by atoms with Gasteiger partial charge in [0.15, 0.2) is 0 Å². The summed E-state index contributed by atoms with van der Waals surface area (Å²) in [6.07, 6.45) is 1.17. The minimum absolute atomic E-state index is 0.102. The van der Waals surface area contributed by atoms with Gasteiger partial charge in [0.1, 0.15) is 6.04 Å². The maximum atomic E-state index is 13.1. The van der Waals surface area contributed by atoms with Crippen LogP contribution in [-0.2, 0) is 29.1 Å². The van der Waals surface area contributed by atoms with Crippen LogP contribution < -0.4 is 16.0 Å². The largest absolute Gasteiger partial charge is 0.364 e. The summed E-state index contributed by atoms with van der Waals surface area (Å²) < 4.78 is 0. The summed E-state index contributed by atoms with van der Waals surface area (Å²) in [6.45, 7) is 3.19. The zero-order chi connectivity index (χ0) is 22.6. The number of amides is 4. The van der Waals surface area contributed by atoms with Crippen LogP contribution in [-0.4, -0.2) is 40.6 Å². The first-order valence-electron chi connectivity index (χ1n) is 10.8. The molecule has 3 aliphatic rings. The molecule has 1 saturated heterocycles. The van der Waals surface area contributed by atoms with Crippen LogP contribution >= 0.6 is 0 Å². The fourth-order valence-electron chi connectivity index (χ4n) is 5.04. The molecule has 0 aliphatic carbocycles. The van der Waals surface area contributed by atoms with Gasteiger partial charge in [0.05, 0.1) is 11.1 Å². The van der Waals surface area contributed by atoms with Gasteiger partial charge in [0.2, 0.25) is 11.8 Å². The van der Waals surface area contributed by atoms with Crippen LogP contribution in [0.4, 0.5) is 5.69 Å². The maximum Gasteiger partial charge on any atom is 0.262 e. The molecule has 0 aromatic heterocycles. The lowest BCUT2D eigenvalue weighted by atomic mass is 10.0. The molecule has 3 heterocycles. The van der Waals surface area contributed by atoms with Gasteiger partial charge in [0.25, 0.3) is 11.8 Å². The Morgan fingerprint density at radius 3 is 2.59 bits per heavy atom. The van der Waals surface area contributed by atoms with Gasteiger partial charge in [-0.3, -0.25) is 29.4 Å². The standard InChI is InChI=1S/C24H24N4O4/c1-13-9-15-3-2-4-16(11-25)21(15)27(13)12-14-5-6-17-18(10-14)24(32)28(23(17)31)19-7-8-20(29)26-22(19)30/h2-6,10,13,19H,7-9,11-12,25H2,1H3,(H,26,29,30). The van der Waals surface area contributed by atoms with E-state index in [1.807, 2.05) is 18.2 Å². The van der Waals surface area contributed by atoms with Crippen LogP contribution in [0.2, 0.25) is 0 Å². The quantitative estimate of drug-likeness (QED) is 0.708. The highest BCUT2D eigenvalue weighted by molar-refractivity contribution is 6.23. The molecule has 0 bridgehead atoms. The molecule has 0 radical (unpaired) electrons. The Kier molecular flexibility index (Phi) is 4.82. The van der Waals surface area contributed by atoms with Crippen molar-refractivity contribution in [3.8, 4) is 0 Å². The molecule has 5 rings (SSSR count). The number of carbonyl (C=O) groups excluding carboxylic acids is 4. The van der Waals surface area contributed by atoms with Crippen LogP contribution in [0, 0.1) is 0 Å². The number of anilines is 1. The number of para-hydroxylation sites is 1. The van der Waals surface area contributed by atoms with Crippen molar-refractivity contribution in [1.82, 2.24) is 10.2 Å². The predicted octanol–water partition coefficient (Wildman–Crippen LogP) is 1.50. The average molecular weight is 432 g/mol. The van der Waals surface area contributed by atoms with Crippen LogP contribution in [0.25, 0.3) is 0 Å². The fourth-order valence-corrected chi connectivity index (χ4v) is 5.04. The molecule has 8 heteroatoms. The number of nitrogens with zero attached hydrogens (tertiary/aromatic N) is 2. The zero-order valence-electron chi connectivity index (χ0n) is 17.8. The second-order valence-corrected chi connectivity index (χ2v) is 8.64. The average Bonchev–Trinajstić information content (AvgIpc) is 3.22. The SMILES string of the molecule is CC1Cc2cccc(CN)c2N1Cc1ccc2c(c1)C(=O)N(C1CCC(=O)NC1=O)C2=O. The Morgan fingerprint density at radius 2 is 1.84 bits per heavy atom. The Morgan fingerprint density at radius 1 is 1.06 bits per heavy atom. The van der Waals surface area contributed by atoms with Gasteiger partial charge in [-0.25, -0.2) is 0 Å². The molecular weight excluding hydrogens is 408 g/mol. The minimum Gasteiger partial charge on any atom is -0.364 e. The number of carbonyl (C=O) groups is 4. The second kappa shape index (κ2) is 7.56. The summed E-state index contributed by atoms with van der Waals surface area (Å²) in [5.41, 5.74) is 11.0. The van der Waals surface area contributed by atoms with E-state index >= 15 is 0 Å². The summed E-state index contributed by atoms with van der Waals surface area (Å²) in [5, 5.41) is 2.22. The molecule has 164 valence electrons. The van der Waals surface area contributed by atoms with Crippen LogP contribution in [0.1, 0.15) is 57.2 Å². The van der Waals surface area contributed by atoms with Crippen molar-refractivity contribution in [3.05, 3.63) is 64.2 Å². The van der Waals surface area contributed by atoms with Gasteiger partial charge in [-0.1, -0.05) is 24.3 Å². The van der Waals surface area contributed by atoms with Crippen molar-refractivity contribution >= 4 is 29.3 Å². The number of imide groups is 2. The van der Waals surface area contributed by atoms with E-state index in [0.29, 0.717) is 24.2 Å². The Balaban J connectivity index is 1.43. The summed E-state index contributed by atoms with van der Waals surface area (Å²) in [5.74, 6) is -1.97. The van der Waals surface area contributed by atoms with E-state index in [-0.39, 0.29) is 24.8 Å². The van der Waals surface area contributed by atoms with Gasteiger partial charge in [-0.05, 0) is 48.6 Å². The molecule has 3 N–H and O–H groups in total. The molecule has 4 amide bonds. The van der Waals surface area contributed by atoms with Crippen LogP contribution in [0.15, 0.2) is 36.4 Å². The highest BCUT2D eigenvalue weighted by Gasteiger charge is 2.44. The normalized spacial score (nSPS) is 22.3. The molecule has 8 nitrogen and oxygen atoms in total. The van der Waals surface area contributed by atoms with E-state index in [4.69, 9.17) is 5.73 Å². The van der Waals surface area contributed by atoms with E-state index in [2.05, 4.69) is 23.2 Å². The van der Waals surface area contributed by atoms with Crippen molar-refractivity contribution in [2.75, 3.05) is 4.90 Å². The molecule has 2 atom stereocenters. The van der Waals surface area contributed by atoms with E-state index in [1.54, 1.807) is 12.1 Å². The van der Waals surface area contributed by atoms with Crippen LogP contribution in [0.3, 0.4) is 0 Å². The first-order valence-corrected chi connectivity index (χ1v) is 10.8. The summed E-state index contributed by atoms with van der Waals surface area (Å²) in [7, 11) is 0. The van der Waals surface area contributed by atoms with E-state index < -0.39 is 23.8 Å². The number of hydrogen-bond acceptors (Lipinski definition) is 6. The smallest absolute Gasteiger partial charge is 0.262 e. The van der Waals surface area contributed by atoms with Crippen molar-refractivity contribution < 1.29 is 19.2 Å². The molecule has 0 spiro atoms. The van der Waals surface area contributed by atoms with Gasteiger partial charge in [-0.15, -0.1) is 0 Å². The van der Waals surface area contributed by atoms with E-state index in [0.717, 1.165) is 28.1 Å². The number of piperidine rings is 1. The van der Waals surface area contributed by atoms with Gasteiger partial charge < -0.3 is 10.6 Å². The molecular formula is C24H24N4O4. The van der Waals surface area contributed by atoms with Gasteiger partial charge >= 0.3 is 0 Å². The minimum atomic E-state index is -0.957. The fraction of sp³-hybridized carbons (Fsp3) is 0.333. The lowest BCUT2D eigenvalue weighted by Gasteiger charge is -2.27. The summed E-state index contributed by atoms with van der Waals surface area (Å²) in [6, 6.07) is 10.8. The predicted molar refractivity (Wildman–Crippen MR) is 117 cm³/mol. The Bertz CT molecular complexity index is 1170. The van der Waals surface area contributed by atoms with Crippen molar-refractivity contribution in [2.45, 2.75) is 51.4 Å². The zero-order valence-corrected chi connectivity index (χ0v) is 17.8. The molecule has 32 heavy (non-hydrogen) atoms. The number of nitrogens with one attached hydrogen (secondary N) is 1. The van der Waals surface area contributed by atoms with Crippen molar-refractivity contribution in [1.29, 1.82) is 0 Å². The third-order valence-electron chi connectivity index (χ3n) is 6.61. The number of benzene rings is 2. The lowest BCUT2D eigenvalue weighted by Crippen LogP contribution is -2.54. The van der Waals surface area contributed by atoms with E-state index in [1.165, 1.54) is 5.56 Å². The maximum absolute atomic E-state index is 13.1. The lowest BCUT2D eigenvalue weighted by molar-refractivity contribution is -0.136. The second-order valence-electron chi connectivity index (χ2n) is 8.64. The van der Waals surface area contributed by atoms with Gasteiger partial charge in [0, 0.05) is 31.2 Å². The Hall–Kier alpha value is -3.52. The number of rotatable bonds is 4. The van der Waals surface area contributed by atoms with Crippen LogP contribution in [0.5, 0.6) is 0 Å². The molecule has 1 fully saturated rings. The van der Waals surface area contributed by atoms with Crippen molar-refractivity contribution in [2.24, 2.45) is 5.73 Å². The third kappa shape index (κ3) is 3.10. The first-order chi connectivity index (χ1) is 15.4. The summed E-state index contributed by atoms with van der Waals surface area (Å²) in [4.78, 5) is 53.0. The monoisotopic (exact) mass is 432 g/mol. The van der Waals surface area contributed by atoms with Crippen molar-refractivity contribution in [3.63, 3.8) is 0 Å². The third-order valence-corrected chi connectivity index (χ3v) is 6.61. The van der Waals surface area contributed by atoms with Gasteiger partial charge in [-0.2, -0.15) is 0 Å². The van der Waals surface area contributed by atoms with E-state index in [9.17, 15) is 19.2 Å². The highest BCUT2D eigenvalue weighted by Crippen LogP contribution is 2.37. The summed E-state index contributed by atoms with van der Waals surface area (Å²) >= 11 is 0. The molecule has 2 aromatic rings. The molecule has 0 saturated carbocycles. The number of nitrogens with two attached hydrogens (primary N) is 1. The molecule has 2 unspecified atom stereocenters. The highest BCUT2D eigenvalue weighted by atomic mass is 16.2. The first kappa shape index (κ1) is 20.4. The Labute approximate surface area is 185 Å². The number of hydrogen-bond donors (Lipinski definition) is 2. The number of fused-ring (bicyclic) bond motifs is 2. The molecule has 2 aromatic carbocycles.